The molecule has 0 radical (unpaired) electrons. The van der Waals surface area contributed by atoms with Crippen LogP contribution < -0.4 is 5.73 Å². The van der Waals surface area contributed by atoms with E-state index in [-0.39, 0.29) is 5.56 Å². The van der Waals surface area contributed by atoms with Crippen LogP contribution in [0.3, 0.4) is 0 Å². The molecule has 2 aromatic carbocycles. The first-order valence-electron chi connectivity index (χ1n) is 6.62. The van der Waals surface area contributed by atoms with Crippen LogP contribution in [0.25, 0.3) is 10.9 Å². The minimum absolute atomic E-state index is 0.289. The average Bonchev–Trinajstić information content (AvgIpc) is 2.50. The lowest BCUT2D eigenvalue weighted by atomic mass is 9.96. The van der Waals surface area contributed by atoms with Crippen molar-refractivity contribution in [3.63, 3.8) is 0 Å². The van der Waals surface area contributed by atoms with E-state index >= 15 is 0 Å². The maximum atomic E-state index is 13.9. The third-order valence-electron chi connectivity index (χ3n) is 3.60. The second-order valence-electron chi connectivity index (χ2n) is 5.06. The summed E-state index contributed by atoms with van der Waals surface area (Å²) in [5.74, 6) is -1.19. The quantitative estimate of drug-likeness (QED) is 0.776. The zero-order valence-corrected chi connectivity index (χ0v) is 11.5. The van der Waals surface area contributed by atoms with Gasteiger partial charge in [-0.3, -0.25) is 4.98 Å². The van der Waals surface area contributed by atoms with Crippen molar-refractivity contribution in [2.24, 2.45) is 5.73 Å². The highest BCUT2D eigenvalue weighted by molar-refractivity contribution is 5.79. The Bertz CT molecular complexity index is 815. The van der Waals surface area contributed by atoms with Crippen LogP contribution in [0, 0.1) is 18.6 Å². The molecule has 0 fully saturated rings. The average molecular weight is 284 g/mol. The van der Waals surface area contributed by atoms with Crippen LogP contribution in [0.2, 0.25) is 0 Å². The number of nitrogens with two attached hydrogens (primary N) is 1. The molecule has 2 N–H and O–H groups in total. The predicted molar refractivity (Wildman–Crippen MR) is 78.9 cm³/mol. The van der Waals surface area contributed by atoms with E-state index in [1.807, 2.05) is 30.3 Å². The summed E-state index contributed by atoms with van der Waals surface area (Å²) in [4.78, 5) is 4.23. The molecule has 3 aromatic rings. The minimum atomic E-state index is -0.645. The van der Waals surface area contributed by atoms with Gasteiger partial charge in [0.05, 0.1) is 11.6 Å². The number of hydrogen-bond donors (Lipinski definition) is 1. The lowest BCUT2D eigenvalue weighted by Crippen LogP contribution is -2.14. The molecule has 21 heavy (non-hydrogen) atoms. The first-order chi connectivity index (χ1) is 10.1. The van der Waals surface area contributed by atoms with Gasteiger partial charge in [-0.2, -0.15) is 0 Å². The summed E-state index contributed by atoms with van der Waals surface area (Å²) in [5.41, 5.74) is 8.43. The number of benzene rings is 2. The standard InChI is InChI=1S/C17H14F2N2/c1-10-7-13(15(19)9-14(10)18)17(20)12-4-5-16-11(8-12)3-2-6-21-16/h2-9,17H,20H2,1H3. The van der Waals surface area contributed by atoms with Crippen LogP contribution >= 0.6 is 0 Å². The summed E-state index contributed by atoms with van der Waals surface area (Å²) in [5, 5.41) is 0.935. The third-order valence-corrected chi connectivity index (χ3v) is 3.60. The van der Waals surface area contributed by atoms with Gasteiger partial charge in [-0.05, 0) is 42.3 Å². The molecule has 2 nitrogen and oxygen atoms in total. The highest BCUT2D eigenvalue weighted by Crippen LogP contribution is 2.26. The van der Waals surface area contributed by atoms with Crippen molar-refractivity contribution in [2.45, 2.75) is 13.0 Å². The fourth-order valence-electron chi connectivity index (χ4n) is 2.39. The lowest BCUT2D eigenvalue weighted by Gasteiger charge is -2.15. The van der Waals surface area contributed by atoms with E-state index in [9.17, 15) is 8.78 Å². The molecule has 1 heterocycles. The van der Waals surface area contributed by atoms with Gasteiger partial charge in [0.2, 0.25) is 0 Å². The molecule has 0 bridgehead atoms. The monoisotopic (exact) mass is 284 g/mol. The Morgan fingerprint density at radius 2 is 1.86 bits per heavy atom. The predicted octanol–water partition coefficient (Wildman–Crippen LogP) is 3.87. The van der Waals surface area contributed by atoms with Gasteiger partial charge in [0.1, 0.15) is 11.6 Å². The normalized spacial score (nSPS) is 12.6. The molecule has 1 unspecified atom stereocenters. The highest BCUT2D eigenvalue weighted by Gasteiger charge is 2.16. The Morgan fingerprint density at radius 1 is 1.05 bits per heavy atom. The van der Waals surface area contributed by atoms with Gasteiger partial charge >= 0.3 is 0 Å². The first-order valence-corrected chi connectivity index (χ1v) is 6.62. The van der Waals surface area contributed by atoms with Crippen molar-refractivity contribution in [2.75, 3.05) is 0 Å². The number of hydrogen-bond acceptors (Lipinski definition) is 2. The highest BCUT2D eigenvalue weighted by atomic mass is 19.1. The smallest absolute Gasteiger partial charge is 0.131 e. The molecule has 0 amide bonds. The van der Waals surface area contributed by atoms with E-state index in [4.69, 9.17) is 5.73 Å². The summed E-state index contributed by atoms with van der Waals surface area (Å²) in [6.45, 7) is 1.59. The molecule has 0 aliphatic rings. The Hall–Kier alpha value is -2.33. The molecule has 0 saturated heterocycles. The van der Waals surface area contributed by atoms with Gasteiger partial charge in [-0.15, -0.1) is 0 Å². The summed E-state index contributed by atoms with van der Waals surface area (Å²) < 4.78 is 27.3. The Balaban J connectivity index is 2.07. The van der Waals surface area contributed by atoms with Crippen molar-refractivity contribution in [1.29, 1.82) is 0 Å². The summed E-state index contributed by atoms with van der Waals surface area (Å²) in [6.07, 6.45) is 1.71. The Morgan fingerprint density at radius 3 is 2.67 bits per heavy atom. The molecule has 1 aromatic heterocycles. The number of aromatic nitrogens is 1. The van der Waals surface area contributed by atoms with Crippen molar-refractivity contribution in [3.05, 3.63) is 77.0 Å². The summed E-state index contributed by atoms with van der Waals surface area (Å²) in [6, 6.07) is 11.0. The van der Waals surface area contributed by atoms with Gasteiger partial charge in [0.25, 0.3) is 0 Å². The van der Waals surface area contributed by atoms with Gasteiger partial charge in [-0.25, -0.2) is 8.78 Å². The molecule has 3 rings (SSSR count). The molecule has 0 saturated carbocycles. The zero-order valence-electron chi connectivity index (χ0n) is 11.5. The van der Waals surface area contributed by atoms with Gasteiger partial charge in [0.15, 0.2) is 0 Å². The maximum absolute atomic E-state index is 13.9. The van der Waals surface area contributed by atoms with Gasteiger partial charge in [-0.1, -0.05) is 12.1 Å². The molecule has 0 aliphatic carbocycles. The van der Waals surface area contributed by atoms with Crippen molar-refractivity contribution >= 4 is 10.9 Å². The number of nitrogens with zero attached hydrogens (tertiary/aromatic N) is 1. The van der Waals surface area contributed by atoms with E-state index in [1.165, 1.54) is 6.07 Å². The molecular formula is C17H14F2N2. The minimum Gasteiger partial charge on any atom is -0.320 e. The molecule has 106 valence electrons. The topological polar surface area (TPSA) is 38.9 Å². The maximum Gasteiger partial charge on any atom is 0.131 e. The van der Waals surface area contributed by atoms with E-state index in [1.54, 1.807) is 13.1 Å². The van der Waals surface area contributed by atoms with Crippen LogP contribution in [0.1, 0.15) is 22.7 Å². The van der Waals surface area contributed by atoms with E-state index in [0.717, 1.165) is 22.5 Å². The van der Waals surface area contributed by atoms with Crippen molar-refractivity contribution < 1.29 is 8.78 Å². The number of aryl methyl sites for hydroxylation is 1. The summed E-state index contributed by atoms with van der Waals surface area (Å²) >= 11 is 0. The van der Waals surface area contributed by atoms with Crippen LogP contribution in [-0.4, -0.2) is 4.98 Å². The number of rotatable bonds is 2. The second kappa shape index (κ2) is 5.22. The molecular weight excluding hydrogens is 270 g/mol. The molecule has 0 spiro atoms. The molecule has 0 aliphatic heterocycles. The largest absolute Gasteiger partial charge is 0.320 e. The number of fused-ring (bicyclic) bond motifs is 1. The number of pyridine rings is 1. The van der Waals surface area contributed by atoms with Crippen LogP contribution in [0.5, 0.6) is 0 Å². The van der Waals surface area contributed by atoms with E-state index in [2.05, 4.69) is 4.98 Å². The van der Waals surface area contributed by atoms with E-state index < -0.39 is 17.7 Å². The Labute approximate surface area is 121 Å². The SMILES string of the molecule is Cc1cc(C(N)c2ccc3ncccc3c2)c(F)cc1F. The van der Waals surface area contributed by atoms with Crippen LogP contribution in [0.15, 0.2) is 48.7 Å². The van der Waals surface area contributed by atoms with E-state index in [0.29, 0.717) is 5.56 Å². The van der Waals surface area contributed by atoms with Gasteiger partial charge < -0.3 is 5.73 Å². The van der Waals surface area contributed by atoms with Crippen LogP contribution in [0.4, 0.5) is 8.78 Å². The number of halogens is 2. The first kappa shape index (κ1) is 13.6. The lowest BCUT2D eigenvalue weighted by molar-refractivity contribution is 0.561. The molecule has 4 heteroatoms. The van der Waals surface area contributed by atoms with Crippen LogP contribution in [-0.2, 0) is 0 Å². The zero-order chi connectivity index (χ0) is 15.0. The van der Waals surface area contributed by atoms with Crippen molar-refractivity contribution in [3.8, 4) is 0 Å². The van der Waals surface area contributed by atoms with Gasteiger partial charge in [0, 0.05) is 23.2 Å². The fourth-order valence-corrected chi connectivity index (χ4v) is 2.39. The van der Waals surface area contributed by atoms with Crippen molar-refractivity contribution in [1.82, 2.24) is 4.98 Å². The third kappa shape index (κ3) is 2.50. The fraction of sp³-hybridized carbons (Fsp3) is 0.118. The Kier molecular flexibility index (Phi) is 3.39. The molecule has 1 atom stereocenters. The second-order valence-corrected chi connectivity index (χ2v) is 5.06. The summed E-state index contributed by atoms with van der Waals surface area (Å²) in [7, 11) is 0.